The molecule has 10 atom stereocenters. The number of benzene rings is 2. The van der Waals surface area contributed by atoms with Gasteiger partial charge in [0.2, 0.25) is 41.4 Å². The van der Waals surface area contributed by atoms with Gasteiger partial charge in [0.25, 0.3) is 11.8 Å². The van der Waals surface area contributed by atoms with Crippen molar-refractivity contribution in [1.29, 1.82) is 0 Å². The van der Waals surface area contributed by atoms with Crippen LogP contribution in [0.1, 0.15) is 142 Å². The summed E-state index contributed by atoms with van der Waals surface area (Å²) in [6.45, 7) is 16.6. The third-order valence-electron chi connectivity index (χ3n) is 17.3. The number of carbonyl (C=O) groups is 12. The van der Waals surface area contributed by atoms with Gasteiger partial charge in [0.1, 0.15) is 30.8 Å². The molecule has 0 bridgehead atoms. The van der Waals surface area contributed by atoms with Crippen molar-refractivity contribution in [3.8, 4) is 0 Å². The molecule has 12 amide bonds. The minimum Gasteiger partial charge on any atom is -0.445 e. The fraction of sp³-hybridized carbons (Fsp3) is 0.612. The Kier molecular flexibility index (Phi) is 31.6. The van der Waals surface area contributed by atoms with Crippen LogP contribution in [0.4, 0.5) is 15.3 Å². The highest BCUT2D eigenvalue weighted by Gasteiger charge is 2.44. The number of hydrogen-bond acceptors (Lipinski definition) is 15. The number of amides is 12. The summed E-state index contributed by atoms with van der Waals surface area (Å²) in [4.78, 5) is 165. The topological polar surface area (TPSA) is 344 Å². The number of nitrogens with zero attached hydrogens (tertiary/aromatic N) is 4. The highest BCUT2D eigenvalue weighted by molar-refractivity contribution is 6.12. The minimum absolute atomic E-state index is 0.0830. The molecule has 1 unspecified atom stereocenters. The first-order valence-corrected chi connectivity index (χ1v) is 32.3. The highest BCUT2D eigenvalue weighted by Crippen LogP contribution is 2.30. The van der Waals surface area contributed by atoms with Crippen molar-refractivity contribution < 1.29 is 71.7 Å². The number of likely N-dealkylation sites (N-methyl/N-ethyl adjacent to an activating group) is 2. The number of methoxy groups -OCH3 is 2. The molecule has 0 aromatic heterocycles. The molecule has 2 aliphatic heterocycles. The van der Waals surface area contributed by atoms with Crippen molar-refractivity contribution in [3.63, 3.8) is 0 Å². The Hall–Kier alpha value is -8.26. The molecule has 0 saturated carbocycles. The third-order valence-corrected chi connectivity index (χ3v) is 17.3. The third kappa shape index (κ3) is 23.1. The van der Waals surface area contributed by atoms with Gasteiger partial charge in [0, 0.05) is 77.8 Å². The number of likely N-dealkylation sites (tertiary alicyclic amines) is 1. The van der Waals surface area contributed by atoms with E-state index in [1.165, 1.54) is 43.2 Å². The summed E-state index contributed by atoms with van der Waals surface area (Å²) in [7, 11) is 6.04. The van der Waals surface area contributed by atoms with Gasteiger partial charge in [-0.2, -0.15) is 0 Å². The highest BCUT2D eigenvalue weighted by atomic mass is 16.6. The molecule has 1 fully saturated rings. The van der Waals surface area contributed by atoms with Crippen molar-refractivity contribution in [2.75, 3.05) is 59.8 Å². The number of unbranched alkanes of at least 4 members (excludes halogenated alkanes) is 2. The zero-order chi connectivity index (χ0) is 69.2. The van der Waals surface area contributed by atoms with Gasteiger partial charge in [-0.15, -0.1) is 0 Å². The van der Waals surface area contributed by atoms with Gasteiger partial charge in [-0.3, -0.25) is 57.7 Å². The molecule has 2 aromatic carbocycles. The molecule has 8 N–H and O–H groups in total. The molecule has 514 valence electrons. The zero-order valence-electron chi connectivity index (χ0n) is 56.5. The largest absolute Gasteiger partial charge is 0.445 e. The summed E-state index contributed by atoms with van der Waals surface area (Å²) in [5.74, 6) is -6.38. The summed E-state index contributed by atoms with van der Waals surface area (Å²) in [5, 5.41) is 16.4. The molecule has 26 heteroatoms. The molecule has 2 aromatic rings. The van der Waals surface area contributed by atoms with E-state index in [1.54, 1.807) is 115 Å². The van der Waals surface area contributed by atoms with Gasteiger partial charge >= 0.3 is 12.1 Å². The van der Waals surface area contributed by atoms with E-state index < -0.39 is 108 Å². The van der Waals surface area contributed by atoms with Gasteiger partial charge in [-0.25, -0.2) is 9.59 Å². The molecular formula is C67H101N11O15. The minimum atomic E-state index is -1.11. The Balaban J connectivity index is 1.37. The number of rotatable bonds is 38. The van der Waals surface area contributed by atoms with E-state index in [9.17, 15) is 57.5 Å². The average molecular weight is 1300 g/mol. The first kappa shape index (κ1) is 77.2. The summed E-state index contributed by atoms with van der Waals surface area (Å²) < 4.78 is 17.7. The first-order valence-electron chi connectivity index (χ1n) is 32.3. The summed E-state index contributed by atoms with van der Waals surface area (Å²) in [5.41, 5.74) is 6.57. The molecule has 4 rings (SSSR count). The molecular weight excluding hydrogens is 1200 g/mol. The van der Waals surface area contributed by atoms with Crippen LogP contribution in [-0.2, 0) is 64.0 Å². The summed E-state index contributed by atoms with van der Waals surface area (Å²) in [6, 6.07) is 8.91. The molecule has 0 spiro atoms. The van der Waals surface area contributed by atoms with Crippen LogP contribution in [0.5, 0.6) is 0 Å². The number of ketones is 1. The lowest BCUT2D eigenvalue weighted by Crippen LogP contribution is -2.60. The maximum absolute atomic E-state index is 14.8. The van der Waals surface area contributed by atoms with Gasteiger partial charge < -0.3 is 61.6 Å². The van der Waals surface area contributed by atoms with E-state index in [4.69, 9.17) is 19.9 Å². The first-order chi connectivity index (χ1) is 44.1. The van der Waals surface area contributed by atoms with E-state index in [0.717, 1.165) is 4.90 Å². The number of Topliss-reactive ketones (excluding diaryl/α,β-unsaturated/α-hetero) is 1. The lowest BCUT2D eigenvalue weighted by atomic mass is 9.89. The van der Waals surface area contributed by atoms with Crippen LogP contribution in [0.3, 0.4) is 0 Å². The predicted molar refractivity (Wildman–Crippen MR) is 348 cm³/mol. The van der Waals surface area contributed by atoms with Crippen LogP contribution in [-0.4, -0.2) is 194 Å². The number of hydrogen-bond donors (Lipinski definition) is 7. The Morgan fingerprint density at radius 2 is 1.34 bits per heavy atom. The Bertz CT molecular complexity index is 2890. The zero-order valence-corrected chi connectivity index (χ0v) is 56.5. The molecule has 2 heterocycles. The normalized spacial score (nSPS) is 16.7. The average Bonchev–Trinajstić information content (AvgIpc) is 1.83. The Morgan fingerprint density at radius 3 is 1.92 bits per heavy atom. The monoisotopic (exact) mass is 1300 g/mol. The van der Waals surface area contributed by atoms with Crippen molar-refractivity contribution in [3.05, 3.63) is 77.9 Å². The number of urea groups is 1. The number of ether oxygens (including phenoxy) is 3. The van der Waals surface area contributed by atoms with Crippen LogP contribution >= 0.6 is 0 Å². The van der Waals surface area contributed by atoms with Gasteiger partial charge in [0.05, 0.1) is 43.2 Å². The van der Waals surface area contributed by atoms with E-state index in [0.29, 0.717) is 61.9 Å². The summed E-state index contributed by atoms with van der Waals surface area (Å²) in [6.07, 6.45) is 3.81. The van der Waals surface area contributed by atoms with E-state index in [2.05, 4.69) is 31.9 Å². The molecule has 26 nitrogen and oxygen atoms in total. The quantitative estimate of drug-likeness (QED) is 0.0269. The van der Waals surface area contributed by atoms with Crippen molar-refractivity contribution in [1.82, 2.24) is 46.2 Å². The summed E-state index contributed by atoms with van der Waals surface area (Å²) >= 11 is 0. The smallest absolute Gasteiger partial charge is 0.410 e. The van der Waals surface area contributed by atoms with Gasteiger partial charge in [-0.05, 0) is 79.9 Å². The number of primary amides is 1. The maximum atomic E-state index is 14.8. The number of nitrogens with two attached hydrogens (primary N) is 1. The molecule has 2 aliphatic rings. The van der Waals surface area contributed by atoms with Crippen molar-refractivity contribution >= 4 is 76.8 Å². The maximum Gasteiger partial charge on any atom is 0.410 e. The van der Waals surface area contributed by atoms with E-state index in [-0.39, 0.29) is 93.2 Å². The second-order valence-corrected chi connectivity index (χ2v) is 25.1. The lowest BCUT2D eigenvalue weighted by molar-refractivity contribution is -0.148. The van der Waals surface area contributed by atoms with E-state index in [1.807, 2.05) is 13.8 Å². The van der Waals surface area contributed by atoms with Crippen LogP contribution in [0, 0.1) is 29.6 Å². The number of imide groups is 1. The van der Waals surface area contributed by atoms with Crippen molar-refractivity contribution in [2.45, 2.75) is 182 Å². The fourth-order valence-corrected chi connectivity index (χ4v) is 11.7. The fourth-order valence-electron chi connectivity index (χ4n) is 11.7. The number of carbonyl (C=O) groups excluding carboxylic acids is 12. The Morgan fingerprint density at radius 1 is 0.699 bits per heavy atom. The lowest BCUT2D eigenvalue weighted by Gasteiger charge is -2.41. The van der Waals surface area contributed by atoms with Crippen LogP contribution in [0.15, 0.2) is 66.7 Å². The second-order valence-electron chi connectivity index (χ2n) is 25.1. The predicted octanol–water partition coefficient (Wildman–Crippen LogP) is 4.84. The van der Waals surface area contributed by atoms with Crippen LogP contribution in [0.2, 0.25) is 0 Å². The van der Waals surface area contributed by atoms with Gasteiger partial charge in [0.15, 0.2) is 5.78 Å². The number of nitrogens with one attached hydrogen (secondary N) is 6. The molecule has 0 aliphatic carbocycles. The molecule has 1 saturated heterocycles. The second kappa shape index (κ2) is 38.1. The van der Waals surface area contributed by atoms with Crippen LogP contribution < -0.4 is 37.6 Å². The van der Waals surface area contributed by atoms with E-state index >= 15 is 0 Å². The van der Waals surface area contributed by atoms with Crippen molar-refractivity contribution in [2.24, 2.45) is 35.3 Å². The SMILES string of the molecule is CC[C@H](C)C([C@@H](CC(=O)N1CCC[C@H]1[C@H](OC)[C@@H](C)C(=O)NCC(=O)c1ccccc1)OC)N(C)C(=O)[C@@H](NC(=O)[C@H](C(C)C)N(C)C(=O)OCc1ccc(NC(=O)[C@H](CCCNC(N)=O)NC(=O)[C@@H](NC(=O)CCCCCN2C(=O)C=CC2=O)C(C)C)cc1)C(C)C. The molecule has 93 heavy (non-hydrogen) atoms. The molecule has 0 radical (unpaired) electrons. The standard InChI is InChI=1S/C67H101N11O15/c1-14-43(8)59(51(91-12)37-55(83)77-36-22-26-49(77)60(92-13)44(9)61(84)70-38-50(79)46-23-17-15-18-24-46)75(10)65(88)57(41(4)5)74-64(87)58(42(6)7)76(11)67(90)93-39-45-28-30-47(31-29-45)71-62(85)48(25-21-34-69-66(68)89)72-63(86)56(40(2)3)73-52(80)27-19-16-20-35-78-53(81)32-33-54(78)82/h15,17-18,23-24,28-33,40-44,48-49,51,56-60H,14,16,19-22,25-27,34-39H2,1-13H3,(H,70,84)(H,71,85)(H,72,86)(H,73,80)(H,74,87)(H3,68,69,89)/t43-,44+,48-,49-,51+,56-,57-,58-,59?,60+/m0/s1. The van der Waals surface area contributed by atoms with Crippen LogP contribution in [0.25, 0.3) is 0 Å². The number of anilines is 1. The van der Waals surface area contributed by atoms with Gasteiger partial charge in [-0.1, -0.05) is 118 Å². The Labute approximate surface area is 547 Å².